The maximum absolute atomic E-state index is 12.0. The second kappa shape index (κ2) is 10.6. The van der Waals surface area contributed by atoms with Crippen LogP contribution in [0, 0.1) is 0 Å². The van der Waals surface area contributed by atoms with Gasteiger partial charge in [-0.15, -0.1) is 0 Å². The molecule has 0 fully saturated rings. The highest BCUT2D eigenvalue weighted by Gasteiger charge is 2.33. The Morgan fingerprint density at radius 1 is 1.39 bits per heavy atom. The lowest BCUT2D eigenvalue weighted by Crippen LogP contribution is -2.51. The normalized spacial score (nSPS) is 14.2. The second-order valence-electron chi connectivity index (χ2n) is 4.42. The minimum absolute atomic E-state index is 0.166. The van der Waals surface area contributed by atoms with Gasteiger partial charge in [0.1, 0.15) is 5.54 Å². The van der Waals surface area contributed by atoms with Crippen LogP contribution in [0.25, 0.3) is 0 Å². The molecule has 0 aromatic carbocycles. The molecule has 0 aromatic heterocycles. The van der Waals surface area contributed by atoms with E-state index in [2.05, 4.69) is 12.2 Å². The number of carbonyl (C=O) groups is 1. The third kappa shape index (κ3) is 7.24. The Morgan fingerprint density at radius 2 is 2.11 bits per heavy atom. The van der Waals surface area contributed by atoms with Crippen molar-refractivity contribution in [2.75, 3.05) is 31.3 Å². The number of hydrogen-bond acceptors (Lipinski definition) is 5. The van der Waals surface area contributed by atoms with E-state index in [9.17, 15) is 4.79 Å². The zero-order chi connectivity index (χ0) is 13.9. The van der Waals surface area contributed by atoms with E-state index in [1.807, 2.05) is 13.8 Å². The lowest BCUT2D eigenvalue weighted by atomic mass is 9.99. The summed E-state index contributed by atoms with van der Waals surface area (Å²) in [5.41, 5.74) is -0.585. The quantitative estimate of drug-likeness (QED) is 0.445. The van der Waals surface area contributed by atoms with Crippen LogP contribution in [0.15, 0.2) is 0 Å². The average Bonchev–Trinajstić information content (AvgIpc) is 2.36. The smallest absolute Gasteiger partial charge is 0.326 e. The minimum Gasteiger partial charge on any atom is -0.465 e. The monoisotopic (exact) mass is 277 g/mol. The third-order valence-electron chi connectivity index (χ3n) is 2.68. The third-order valence-corrected chi connectivity index (χ3v) is 3.75. The van der Waals surface area contributed by atoms with Gasteiger partial charge in [0.25, 0.3) is 0 Å². The second-order valence-corrected chi connectivity index (χ2v) is 5.64. The van der Waals surface area contributed by atoms with E-state index in [4.69, 9.17) is 9.84 Å². The summed E-state index contributed by atoms with van der Waals surface area (Å²) in [6, 6.07) is 0. The molecule has 1 unspecified atom stereocenters. The first-order valence-electron chi connectivity index (χ1n) is 6.71. The van der Waals surface area contributed by atoms with E-state index < -0.39 is 5.54 Å². The van der Waals surface area contributed by atoms with Gasteiger partial charge in [0.2, 0.25) is 0 Å². The van der Waals surface area contributed by atoms with Gasteiger partial charge in [0.05, 0.1) is 6.61 Å². The molecule has 0 bridgehead atoms. The summed E-state index contributed by atoms with van der Waals surface area (Å²) in [5.74, 6) is 1.66. The highest BCUT2D eigenvalue weighted by atomic mass is 32.2. The van der Waals surface area contributed by atoms with Crippen LogP contribution < -0.4 is 5.32 Å². The van der Waals surface area contributed by atoms with Crippen molar-refractivity contribution < 1.29 is 14.6 Å². The van der Waals surface area contributed by atoms with Crippen LogP contribution in [0.1, 0.15) is 40.0 Å². The standard InChI is InChI=1S/C13H27NO3S/c1-4-8-14-13(3,12(16)17-5-2)7-11-18-10-6-9-15/h14-15H,4-11H2,1-3H3. The van der Waals surface area contributed by atoms with Crippen LogP contribution in [-0.2, 0) is 9.53 Å². The van der Waals surface area contributed by atoms with Gasteiger partial charge < -0.3 is 15.2 Å². The highest BCUT2D eigenvalue weighted by Crippen LogP contribution is 2.17. The molecule has 0 aliphatic heterocycles. The van der Waals surface area contributed by atoms with E-state index >= 15 is 0 Å². The van der Waals surface area contributed by atoms with Crippen LogP contribution >= 0.6 is 11.8 Å². The number of esters is 1. The Hall–Kier alpha value is -0.260. The predicted octanol–water partition coefficient (Wildman–Crippen LogP) is 1.81. The first-order chi connectivity index (χ1) is 8.60. The Balaban J connectivity index is 4.15. The van der Waals surface area contributed by atoms with Crippen molar-refractivity contribution in [2.45, 2.75) is 45.6 Å². The largest absolute Gasteiger partial charge is 0.465 e. The van der Waals surface area contributed by atoms with Gasteiger partial charge in [-0.3, -0.25) is 4.79 Å². The molecule has 18 heavy (non-hydrogen) atoms. The number of ether oxygens (including phenoxy) is 1. The topological polar surface area (TPSA) is 58.6 Å². The fourth-order valence-corrected chi connectivity index (χ4v) is 2.59. The number of hydrogen-bond donors (Lipinski definition) is 2. The van der Waals surface area contributed by atoms with Crippen molar-refractivity contribution in [1.82, 2.24) is 5.32 Å². The molecule has 2 N–H and O–H groups in total. The van der Waals surface area contributed by atoms with Gasteiger partial charge in [-0.1, -0.05) is 6.92 Å². The molecule has 0 radical (unpaired) electrons. The van der Waals surface area contributed by atoms with Gasteiger partial charge in [-0.25, -0.2) is 0 Å². The average molecular weight is 277 g/mol. The number of aliphatic hydroxyl groups is 1. The minimum atomic E-state index is -0.585. The molecule has 0 saturated carbocycles. The number of rotatable bonds is 11. The van der Waals surface area contributed by atoms with E-state index in [1.54, 1.807) is 11.8 Å². The van der Waals surface area contributed by atoms with Gasteiger partial charge in [-0.05, 0) is 51.2 Å². The molecular weight excluding hydrogens is 250 g/mol. The van der Waals surface area contributed by atoms with Crippen LogP contribution in [0.4, 0.5) is 0 Å². The van der Waals surface area contributed by atoms with Gasteiger partial charge >= 0.3 is 5.97 Å². The lowest BCUT2D eigenvalue weighted by Gasteiger charge is -2.28. The van der Waals surface area contributed by atoms with E-state index in [-0.39, 0.29) is 12.6 Å². The summed E-state index contributed by atoms with van der Waals surface area (Å²) in [6.45, 7) is 7.28. The van der Waals surface area contributed by atoms with Crippen LogP contribution in [0.5, 0.6) is 0 Å². The first kappa shape index (κ1) is 17.7. The summed E-state index contributed by atoms with van der Waals surface area (Å²) in [6.07, 6.45) is 2.55. The molecule has 1 atom stereocenters. The SMILES string of the molecule is CCCNC(C)(CCSCCCO)C(=O)OCC. The van der Waals surface area contributed by atoms with Crippen LogP contribution in [0.2, 0.25) is 0 Å². The zero-order valence-corrected chi connectivity index (χ0v) is 12.6. The number of thioether (sulfide) groups is 1. The van der Waals surface area contributed by atoms with Gasteiger partial charge in [0.15, 0.2) is 0 Å². The number of carbonyl (C=O) groups excluding carboxylic acids is 1. The van der Waals surface area contributed by atoms with E-state index in [0.717, 1.165) is 37.3 Å². The number of nitrogens with one attached hydrogen (secondary N) is 1. The molecule has 0 saturated heterocycles. The molecule has 108 valence electrons. The molecule has 0 aliphatic carbocycles. The zero-order valence-electron chi connectivity index (χ0n) is 11.8. The van der Waals surface area contributed by atoms with Gasteiger partial charge in [0, 0.05) is 6.61 Å². The maximum Gasteiger partial charge on any atom is 0.326 e. The Morgan fingerprint density at radius 3 is 2.67 bits per heavy atom. The van der Waals surface area contributed by atoms with E-state index in [0.29, 0.717) is 6.61 Å². The molecule has 0 rings (SSSR count). The van der Waals surface area contributed by atoms with Crippen molar-refractivity contribution in [3.63, 3.8) is 0 Å². The molecule has 4 nitrogen and oxygen atoms in total. The molecule has 0 spiro atoms. The summed E-state index contributed by atoms with van der Waals surface area (Å²) in [5, 5.41) is 12.0. The Labute approximate surface area is 115 Å². The lowest BCUT2D eigenvalue weighted by molar-refractivity contribution is -0.150. The summed E-state index contributed by atoms with van der Waals surface area (Å²) >= 11 is 1.77. The van der Waals surface area contributed by atoms with E-state index in [1.165, 1.54) is 0 Å². The Kier molecular flexibility index (Phi) is 10.5. The summed E-state index contributed by atoms with van der Waals surface area (Å²) in [4.78, 5) is 12.0. The summed E-state index contributed by atoms with van der Waals surface area (Å²) in [7, 11) is 0. The fourth-order valence-electron chi connectivity index (χ4n) is 1.50. The van der Waals surface area contributed by atoms with Crippen molar-refractivity contribution in [3.05, 3.63) is 0 Å². The molecule has 0 aromatic rings. The summed E-state index contributed by atoms with van der Waals surface area (Å²) < 4.78 is 5.13. The molecule has 0 aliphatic rings. The first-order valence-corrected chi connectivity index (χ1v) is 7.87. The predicted molar refractivity (Wildman–Crippen MR) is 77.0 cm³/mol. The highest BCUT2D eigenvalue weighted by molar-refractivity contribution is 7.99. The fraction of sp³-hybridized carbons (Fsp3) is 0.923. The van der Waals surface area contributed by atoms with Crippen molar-refractivity contribution in [2.24, 2.45) is 0 Å². The van der Waals surface area contributed by atoms with Crippen molar-refractivity contribution in [1.29, 1.82) is 0 Å². The Bertz CT molecular complexity index is 226. The van der Waals surface area contributed by atoms with Crippen molar-refractivity contribution in [3.8, 4) is 0 Å². The van der Waals surface area contributed by atoms with Gasteiger partial charge in [-0.2, -0.15) is 11.8 Å². The number of aliphatic hydroxyl groups excluding tert-OH is 1. The van der Waals surface area contributed by atoms with Crippen LogP contribution in [0.3, 0.4) is 0 Å². The van der Waals surface area contributed by atoms with Crippen LogP contribution in [-0.4, -0.2) is 47.9 Å². The molecule has 0 amide bonds. The van der Waals surface area contributed by atoms with Crippen molar-refractivity contribution >= 4 is 17.7 Å². The molecule has 5 heteroatoms. The molecular formula is C13H27NO3S. The maximum atomic E-state index is 12.0. The molecule has 0 heterocycles.